The topological polar surface area (TPSA) is 63.6 Å². The maximum Gasteiger partial charge on any atom is 0.306 e. The van der Waals surface area contributed by atoms with Crippen molar-refractivity contribution in [2.24, 2.45) is 0 Å². The van der Waals surface area contributed by atoms with Gasteiger partial charge in [0.1, 0.15) is 5.60 Å². The number of carboxylic acids is 1. The van der Waals surface area contributed by atoms with Gasteiger partial charge in [0.25, 0.3) is 0 Å². The van der Waals surface area contributed by atoms with Crippen LogP contribution in [-0.2, 0) is 14.3 Å². The molecule has 0 aromatic heterocycles. The summed E-state index contributed by atoms with van der Waals surface area (Å²) >= 11 is 0. The van der Waals surface area contributed by atoms with Crippen LogP contribution in [0.3, 0.4) is 0 Å². The largest absolute Gasteiger partial charge is 0.481 e. The predicted molar refractivity (Wildman–Crippen MR) is 190 cm³/mol. The molecule has 0 saturated heterocycles. The van der Waals surface area contributed by atoms with Crippen LogP contribution in [0.4, 0.5) is 0 Å². The second-order valence-corrected chi connectivity index (χ2v) is 14.0. The summed E-state index contributed by atoms with van der Waals surface area (Å²) in [6.07, 6.45) is 40.1. The molecule has 0 unspecified atom stereocenters. The number of aliphatic carboxylic acids is 1. The molecular weight excluding hydrogens is 544 g/mol. The molecule has 0 aromatic carbocycles. The van der Waals surface area contributed by atoms with E-state index in [9.17, 15) is 9.59 Å². The number of unbranched alkanes of at least 4 members (excludes halogenated alkanes) is 25. The first kappa shape index (κ1) is 42.9. The van der Waals surface area contributed by atoms with E-state index in [1.165, 1.54) is 154 Å². The summed E-state index contributed by atoms with van der Waals surface area (Å²) < 4.78 is 6.45. The van der Waals surface area contributed by atoms with E-state index in [0.29, 0.717) is 19.3 Å². The first-order chi connectivity index (χ1) is 21.5. The van der Waals surface area contributed by atoms with Gasteiger partial charge in [-0.3, -0.25) is 9.59 Å². The zero-order valence-electron chi connectivity index (χ0n) is 30.2. The van der Waals surface area contributed by atoms with Crippen LogP contribution in [0.1, 0.15) is 239 Å². The Balaban J connectivity index is 4.86. The van der Waals surface area contributed by atoms with E-state index < -0.39 is 5.97 Å². The Bertz CT molecular complexity index is 590. The van der Waals surface area contributed by atoms with Crippen molar-refractivity contribution < 1.29 is 19.4 Å². The lowest BCUT2D eigenvalue weighted by Gasteiger charge is -2.34. The monoisotopic (exact) mass is 623 g/mol. The molecule has 262 valence electrons. The van der Waals surface area contributed by atoms with Crippen LogP contribution in [0.5, 0.6) is 0 Å². The fourth-order valence-electron chi connectivity index (χ4n) is 6.64. The molecule has 4 nitrogen and oxygen atoms in total. The van der Waals surface area contributed by atoms with Crippen LogP contribution in [-0.4, -0.2) is 22.6 Å². The Labute approximate surface area is 275 Å². The van der Waals surface area contributed by atoms with Gasteiger partial charge in [0, 0.05) is 12.8 Å². The van der Waals surface area contributed by atoms with Gasteiger partial charge in [0.15, 0.2) is 0 Å². The lowest BCUT2D eigenvalue weighted by molar-refractivity contribution is -0.163. The standard InChI is InChI=1S/C40H78O4/c1-4-7-10-13-15-17-19-21-23-26-31-36-40(35-30-25-12-9-6-3,44-39(43)34-29-28-33-38(41)42)37-32-27-24-22-20-18-16-14-11-8-5-2/h4-37H2,1-3H3,(H,41,42). The number of ether oxygens (including phenoxy) is 1. The summed E-state index contributed by atoms with van der Waals surface area (Å²) in [6.45, 7) is 6.82. The lowest BCUT2D eigenvalue weighted by atomic mass is 9.84. The summed E-state index contributed by atoms with van der Waals surface area (Å²) in [5.74, 6) is -0.886. The molecule has 0 rings (SSSR count). The number of hydrogen-bond donors (Lipinski definition) is 1. The Morgan fingerprint density at radius 2 is 0.682 bits per heavy atom. The number of esters is 1. The second kappa shape index (κ2) is 33.3. The first-order valence-corrected chi connectivity index (χ1v) is 19.9. The van der Waals surface area contributed by atoms with E-state index in [1.54, 1.807) is 0 Å². The molecule has 0 aliphatic heterocycles. The van der Waals surface area contributed by atoms with Gasteiger partial charge in [-0.1, -0.05) is 175 Å². The van der Waals surface area contributed by atoms with Gasteiger partial charge in [-0.05, 0) is 51.4 Å². The Morgan fingerprint density at radius 3 is 0.977 bits per heavy atom. The Kier molecular flexibility index (Phi) is 32.5. The molecule has 0 aromatic rings. The van der Waals surface area contributed by atoms with Crippen LogP contribution in [0, 0.1) is 0 Å². The van der Waals surface area contributed by atoms with E-state index >= 15 is 0 Å². The zero-order chi connectivity index (χ0) is 32.4. The van der Waals surface area contributed by atoms with Gasteiger partial charge in [-0.15, -0.1) is 0 Å². The van der Waals surface area contributed by atoms with Crippen molar-refractivity contribution in [3.05, 3.63) is 0 Å². The highest BCUT2D eigenvalue weighted by atomic mass is 16.6. The normalized spacial score (nSPS) is 11.7. The fourth-order valence-corrected chi connectivity index (χ4v) is 6.64. The number of carboxylic acid groups (broad SMARTS) is 1. The first-order valence-electron chi connectivity index (χ1n) is 19.9. The maximum atomic E-state index is 13.1. The number of rotatable bonds is 36. The van der Waals surface area contributed by atoms with E-state index in [1.807, 2.05) is 0 Å². The molecule has 0 saturated carbocycles. The van der Waals surface area contributed by atoms with Crippen LogP contribution >= 0.6 is 0 Å². The highest BCUT2D eigenvalue weighted by molar-refractivity contribution is 5.70. The molecule has 4 heteroatoms. The van der Waals surface area contributed by atoms with E-state index in [-0.39, 0.29) is 18.0 Å². The molecule has 0 spiro atoms. The van der Waals surface area contributed by atoms with Gasteiger partial charge in [-0.25, -0.2) is 0 Å². The smallest absolute Gasteiger partial charge is 0.306 e. The third kappa shape index (κ3) is 29.6. The molecule has 0 bridgehead atoms. The van der Waals surface area contributed by atoms with Crippen molar-refractivity contribution in [1.29, 1.82) is 0 Å². The molecule has 0 aliphatic rings. The summed E-state index contributed by atoms with van der Waals surface area (Å²) in [4.78, 5) is 24.0. The summed E-state index contributed by atoms with van der Waals surface area (Å²) in [7, 11) is 0. The third-order valence-corrected chi connectivity index (χ3v) is 9.56. The summed E-state index contributed by atoms with van der Waals surface area (Å²) in [6, 6.07) is 0. The van der Waals surface area contributed by atoms with Crippen molar-refractivity contribution >= 4 is 11.9 Å². The Hall–Kier alpha value is -1.06. The van der Waals surface area contributed by atoms with Crippen LogP contribution in [0.2, 0.25) is 0 Å². The molecule has 0 heterocycles. The zero-order valence-corrected chi connectivity index (χ0v) is 30.2. The predicted octanol–water partition coefficient (Wildman–Crippen LogP) is 13.7. The van der Waals surface area contributed by atoms with Crippen molar-refractivity contribution in [2.75, 3.05) is 0 Å². The minimum absolute atomic E-state index is 0.102. The molecule has 1 N–H and O–H groups in total. The third-order valence-electron chi connectivity index (χ3n) is 9.56. The molecule has 0 aliphatic carbocycles. The van der Waals surface area contributed by atoms with Gasteiger partial charge in [0.05, 0.1) is 0 Å². The summed E-state index contributed by atoms with van der Waals surface area (Å²) in [5.41, 5.74) is -0.325. The quantitative estimate of drug-likeness (QED) is 0.0557. The van der Waals surface area contributed by atoms with Crippen molar-refractivity contribution in [3.8, 4) is 0 Å². The minimum atomic E-state index is -0.784. The van der Waals surface area contributed by atoms with Crippen molar-refractivity contribution in [3.63, 3.8) is 0 Å². The molecule has 44 heavy (non-hydrogen) atoms. The number of carbonyl (C=O) groups excluding carboxylic acids is 1. The van der Waals surface area contributed by atoms with Gasteiger partial charge < -0.3 is 9.84 Å². The number of hydrogen-bond acceptors (Lipinski definition) is 3. The van der Waals surface area contributed by atoms with Gasteiger partial charge >= 0.3 is 11.9 Å². The van der Waals surface area contributed by atoms with E-state index in [2.05, 4.69) is 20.8 Å². The second-order valence-electron chi connectivity index (χ2n) is 14.0. The molecule has 0 fully saturated rings. The maximum absolute atomic E-state index is 13.1. The molecular formula is C40H78O4. The average Bonchev–Trinajstić information content (AvgIpc) is 3.00. The van der Waals surface area contributed by atoms with Crippen molar-refractivity contribution in [2.45, 2.75) is 245 Å². The Morgan fingerprint density at radius 1 is 0.409 bits per heavy atom. The van der Waals surface area contributed by atoms with Crippen LogP contribution in [0.25, 0.3) is 0 Å². The van der Waals surface area contributed by atoms with E-state index in [4.69, 9.17) is 9.84 Å². The molecule has 0 radical (unpaired) electrons. The fraction of sp³-hybridized carbons (Fsp3) is 0.950. The molecule has 0 amide bonds. The van der Waals surface area contributed by atoms with Gasteiger partial charge in [0.2, 0.25) is 0 Å². The van der Waals surface area contributed by atoms with E-state index in [0.717, 1.165) is 38.5 Å². The van der Waals surface area contributed by atoms with Crippen LogP contribution < -0.4 is 0 Å². The minimum Gasteiger partial charge on any atom is -0.481 e. The number of carbonyl (C=O) groups is 2. The average molecular weight is 623 g/mol. The summed E-state index contributed by atoms with van der Waals surface area (Å²) in [5, 5.41) is 8.97. The van der Waals surface area contributed by atoms with Gasteiger partial charge in [-0.2, -0.15) is 0 Å². The SMILES string of the molecule is CCCCCCCCCCCCCC(CCCCCCC)(CCCCCCCCCCCCC)OC(=O)CCCCC(=O)O. The lowest BCUT2D eigenvalue weighted by Crippen LogP contribution is -2.35. The highest BCUT2D eigenvalue weighted by Crippen LogP contribution is 2.34. The van der Waals surface area contributed by atoms with Crippen molar-refractivity contribution in [1.82, 2.24) is 0 Å². The van der Waals surface area contributed by atoms with Crippen LogP contribution in [0.15, 0.2) is 0 Å². The highest BCUT2D eigenvalue weighted by Gasteiger charge is 2.32. The molecule has 0 atom stereocenters.